The van der Waals surface area contributed by atoms with E-state index in [9.17, 15) is 4.79 Å². The maximum Gasteiger partial charge on any atom is 0.339 e. The number of aryl methyl sites for hydroxylation is 1. The highest BCUT2D eigenvalue weighted by Crippen LogP contribution is 2.20. The molecule has 0 bridgehead atoms. The van der Waals surface area contributed by atoms with Crippen LogP contribution in [0.4, 0.5) is 0 Å². The van der Waals surface area contributed by atoms with Crippen LogP contribution >= 0.6 is 0 Å². The lowest BCUT2D eigenvalue weighted by atomic mass is 10.1. The lowest BCUT2D eigenvalue weighted by Gasteiger charge is -2.11. The average molecular weight is 236 g/mol. The molecule has 0 atom stereocenters. The molecule has 4 nitrogen and oxygen atoms in total. The van der Waals surface area contributed by atoms with Gasteiger partial charge in [0.25, 0.3) is 0 Å². The third-order valence-corrected chi connectivity index (χ3v) is 2.20. The molecule has 0 unspecified atom stereocenters. The predicted octanol–water partition coefficient (Wildman–Crippen LogP) is 2.83. The van der Waals surface area contributed by atoms with Crippen molar-refractivity contribution in [3.63, 3.8) is 0 Å². The minimum atomic E-state index is -1.01. The second-order valence-corrected chi connectivity index (χ2v) is 3.60. The fourth-order valence-electron chi connectivity index (χ4n) is 1.28. The Morgan fingerprint density at radius 1 is 1.47 bits per heavy atom. The van der Waals surface area contributed by atoms with E-state index < -0.39 is 5.97 Å². The maximum atomic E-state index is 11.0. The monoisotopic (exact) mass is 236 g/mol. The molecule has 17 heavy (non-hydrogen) atoms. The van der Waals surface area contributed by atoms with E-state index in [0.717, 1.165) is 12.0 Å². The Hall–Kier alpha value is -1.97. The van der Waals surface area contributed by atoms with Crippen molar-refractivity contribution >= 4 is 5.97 Å². The van der Waals surface area contributed by atoms with Gasteiger partial charge in [0.2, 0.25) is 6.79 Å². The van der Waals surface area contributed by atoms with Crippen LogP contribution in [0, 0.1) is 0 Å². The van der Waals surface area contributed by atoms with Crippen LogP contribution in [0.3, 0.4) is 0 Å². The number of hydrogen-bond acceptors (Lipinski definition) is 3. The van der Waals surface area contributed by atoms with E-state index in [4.69, 9.17) is 14.6 Å². The fourth-order valence-corrected chi connectivity index (χ4v) is 1.28. The number of carboxylic acids is 1. The van der Waals surface area contributed by atoms with Gasteiger partial charge in [-0.25, -0.2) is 4.79 Å². The van der Waals surface area contributed by atoms with Gasteiger partial charge in [0.05, 0.1) is 5.76 Å². The highest BCUT2D eigenvalue weighted by atomic mass is 16.7. The molecule has 0 aromatic heterocycles. The molecule has 0 aliphatic rings. The molecule has 0 saturated heterocycles. The van der Waals surface area contributed by atoms with E-state index in [1.807, 2.05) is 13.0 Å². The molecular formula is C13H16O4. The van der Waals surface area contributed by atoms with Crippen molar-refractivity contribution in [2.45, 2.75) is 20.3 Å². The van der Waals surface area contributed by atoms with Crippen molar-refractivity contribution in [3.05, 3.63) is 41.7 Å². The van der Waals surface area contributed by atoms with Gasteiger partial charge in [0.15, 0.2) is 0 Å². The number of benzene rings is 1. The summed E-state index contributed by atoms with van der Waals surface area (Å²) >= 11 is 0. The zero-order valence-corrected chi connectivity index (χ0v) is 10.0. The van der Waals surface area contributed by atoms with Crippen LogP contribution in [0.5, 0.6) is 5.75 Å². The maximum absolute atomic E-state index is 11.0. The lowest BCUT2D eigenvalue weighted by molar-refractivity contribution is 0.0577. The van der Waals surface area contributed by atoms with Gasteiger partial charge in [0.1, 0.15) is 11.3 Å². The molecule has 0 amide bonds. The van der Waals surface area contributed by atoms with Gasteiger partial charge in [-0.15, -0.1) is 0 Å². The SMILES string of the molecule is C=C(C)OCOc1ccc(CC)cc1C(=O)O. The topological polar surface area (TPSA) is 55.8 Å². The summed E-state index contributed by atoms with van der Waals surface area (Å²) in [6, 6.07) is 5.09. The summed E-state index contributed by atoms with van der Waals surface area (Å²) in [7, 11) is 0. The Labute approximate surface area is 100 Å². The largest absolute Gasteiger partial charge is 0.478 e. The van der Waals surface area contributed by atoms with Crippen LogP contribution in [0.2, 0.25) is 0 Å². The van der Waals surface area contributed by atoms with Crippen LogP contribution in [0.25, 0.3) is 0 Å². The molecular weight excluding hydrogens is 220 g/mol. The van der Waals surface area contributed by atoms with E-state index in [2.05, 4.69) is 6.58 Å². The Morgan fingerprint density at radius 2 is 2.18 bits per heavy atom. The Balaban J connectivity index is 2.83. The van der Waals surface area contributed by atoms with Gasteiger partial charge >= 0.3 is 5.97 Å². The normalized spacial score (nSPS) is 9.76. The Kier molecular flexibility index (Phi) is 4.57. The standard InChI is InChI=1S/C13H16O4/c1-4-10-5-6-12(11(7-10)13(14)15)17-8-16-9(2)3/h5-7H,2,4,8H2,1,3H3,(H,14,15). The summed E-state index contributed by atoms with van der Waals surface area (Å²) < 4.78 is 10.3. The third-order valence-electron chi connectivity index (χ3n) is 2.20. The number of carboxylic acid groups (broad SMARTS) is 1. The number of ether oxygens (including phenoxy) is 2. The first-order chi connectivity index (χ1) is 8.04. The molecule has 1 N–H and O–H groups in total. The lowest BCUT2D eigenvalue weighted by Crippen LogP contribution is -2.06. The quantitative estimate of drug-likeness (QED) is 0.609. The minimum absolute atomic E-state index is 0.0406. The van der Waals surface area contributed by atoms with Crippen LogP contribution in [-0.4, -0.2) is 17.9 Å². The number of carbonyl (C=O) groups is 1. The van der Waals surface area contributed by atoms with Gasteiger partial charge in [-0.05, 0) is 31.0 Å². The van der Waals surface area contributed by atoms with Crippen molar-refractivity contribution in [1.82, 2.24) is 0 Å². The molecule has 0 saturated carbocycles. The van der Waals surface area contributed by atoms with Crippen molar-refractivity contribution in [2.75, 3.05) is 6.79 Å². The summed E-state index contributed by atoms with van der Waals surface area (Å²) in [5, 5.41) is 9.06. The molecule has 0 radical (unpaired) electrons. The molecule has 0 heterocycles. The molecule has 0 aliphatic carbocycles. The van der Waals surface area contributed by atoms with Crippen molar-refractivity contribution in [3.8, 4) is 5.75 Å². The summed E-state index contributed by atoms with van der Waals surface area (Å²) in [5.41, 5.74) is 1.10. The molecule has 0 fully saturated rings. The summed E-state index contributed by atoms with van der Waals surface area (Å²) in [4.78, 5) is 11.0. The van der Waals surface area contributed by atoms with E-state index in [0.29, 0.717) is 11.5 Å². The molecule has 4 heteroatoms. The van der Waals surface area contributed by atoms with E-state index >= 15 is 0 Å². The van der Waals surface area contributed by atoms with Gasteiger partial charge < -0.3 is 14.6 Å². The smallest absolute Gasteiger partial charge is 0.339 e. The van der Waals surface area contributed by atoms with E-state index in [-0.39, 0.29) is 12.4 Å². The first-order valence-corrected chi connectivity index (χ1v) is 5.32. The number of aromatic carboxylic acids is 1. The molecule has 1 aromatic carbocycles. The molecule has 92 valence electrons. The molecule has 0 aliphatic heterocycles. The highest BCUT2D eigenvalue weighted by molar-refractivity contribution is 5.91. The second kappa shape index (κ2) is 5.94. The van der Waals surface area contributed by atoms with E-state index in [1.165, 1.54) is 0 Å². The van der Waals surface area contributed by atoms with Gasteiger partial charge in [-0.2, -0.15) is 0 Å². The molecule has 1 rings (SSSR count). The summed E-state index contributed by atoms with van der Waals surface area (Å²) in [6.07, 6.45) is 0.781. The van der Waals surface area contributed by atoms with Crippen LogP contribution in [0.1, 0.15) is 29.8 Å². The predicted molar refractivity (Wildman–Crippen MR) is 64.2 cm³/mol. The van der Waals surface area contributed by atoms with Gasteiger partial charge in [0, 0.05) is 0 Å². The van der Waals surface area contributed by atoms with Gasteiger partial charge in [-0.3, -0.25) is 0 Å². The van der Waals surface area contributed by atoms with E-state index in [1.54, 1.807) is 19.1 Å². The molecule has 1 aromatic rings. The van der Waals surface area contributed by atoms with Crippen molar-refractivity contribution < 1.29 is 19.4 Å². The van der Waals surface area contributed by atoms with Gasteiger partial charge in [-0.1, -0.05) is 19.6 Å². The first-order valence-electron chi connectivity index (χ1n) is 5.32. The minimum Gasteiger partial charge on any atom is -0.478 e. The number of hydrogen-bond donors (Lipinski definition) is 1. The second-order valence-electron chi connectivity index (χ2n) is 3.60. The Bertz CT molecular complexity index is 423. The van der Waals surface area contributed by atoms with Crippen LogP contribution in [-0.2, 0) is 11.2 Å². The summed E-state index contributed by atoms with van der Waals surface area (Å²) in [6.45, 7) is 7.17. The van der Waals surface area contributed by atoms with Crippen LogP contribution in [0.15, 0.2) is 30.5 Å². The fraction of sp³-hybridized carbons (Fsp3) is 0.308. The molecule has 0 spiro atoms. The average Bonchev–Trinajstić information content (AvgIpc) is 2.28. The van der Waals surface area contributed by atoms with Crippen molar-refractivity contribution in [2.24, 2.45) is 0 Å². The van der Waals surface area contributed by atoms with Crippen LogP contribution < -0.4 is 4.74 Å². The third kappa shape index (κ3) is 3.83. The first kappa shape index (κ1) is 13.1. The number of rotatable bonds is 6. The van der Waals surface area contributed by atoms with Crippen molar-refractivity contribution in [1.29, 1.82) is 0 Å². The zero-order chi connectivity index (χ0) is 12.8. The number of allylic oxidation sites excluding steroid dienone is 1. The Morgan fingerprint density at radius 3 is 2.71 bits per heavy atom. The summed E-state index contributed by atoms with van der Waals surface area (Å²) in [5.74, 6) is -0.186. The highest BCUT2D eigenvalue weighted by Gasteiger charge is 2.11. The zero-order valence-electron chi connectivity index (χ0n) is 10.0.